The van der Waals surface area contributed by atoms with E-state index in [2.05, 4.69) is 5.32 Å². The maximum Gasteiger partial charge on any atom is 0.337 e. The number of ketones is 1. The Hall–Kier alpha value is -4.65. The third kappa shape index (κ3) is 8.30. The van der Waals surface area contributed by atoms with E-state index >= 15 is 0 Å². The van der Waals surface area contributed by atoms with Crippen molar-refractivity contribution in [1.82, 2.24) is 9.21 Å². The largest absolute Gasteiger partial charge is 0.465 e. The number of nitrogens with one attached hydrogen (secondary N) is 1. The summed E-state index contributed by atoms with van der Waals surface area (Å²) in [7, 11) is -2.50. The fourth-order valence-electron chi connectivity index (χ4n) is 6.64. The molecule has 12 heteroatoms. The lowest BCUT2D eigenvalue weighted by Gasteiger charge is -2.33. The normalized spacial score (nSPS) is 14.8. The van der Waals surface area contributed by atoms with Gasteiger partial charge in [0.05, 0.1) is 23.1 Å². The Morgan fingerprint density at radius 1 is 0.824 bits per heavy atom. The summed E-state index contributed by atoms with van der Waals surface area (Å²) < 4.78 is 33.0. The first kappa shape index (κ1) is 36.2. The SMILES string of the molecule is COC(=O)c1ccc(CCc2ccc(NC(=O)c3c(CC(=O)c4cccc(S(=O)(=O)N5CCN(C(C)=O)CC5)c4)sc4c3CCCC4)cc2)cc1. The number of amides is 2. The van der Waals surface area contributed by atoms with Gasteiger partial charge in [0, 0.05) is 60.5 Å². The average Bonchev–Trinajstić information content (AvgIpc) is 3.52. The van der Waals surface area contributed by atoms with E-state index < -0.39 is 10.0 Å². The van der Waals surface area contributed by atoms with E-state index in [-0.39, 0.29) is 53.5 Å². The van der Waals surface area contributed by atoms with Crippen molar-refractivity contribution in [1.29, 1.82) is 0 Å². The van der Waals surface area contributed by atoms with E-state index in [9.17, 15) is 27.6 Å². The van der Waals surface area contributed by atoms with Gasteiger partial charge in [-0.3, -0.25) is 14.4 Å². The molecule has 4 aromatic rings. The van der Waals surface area contributed by atoms with Crippen molar-refractivity contribution >= 4 is 50.6 Å². The Morgan fingerprint density at radius 2 is 1.47 bits per heavy atom. The van der Waals surface area contributed by atoms with E-state index in [1.54, 1.807) is 29.2 Å². The predicted octanol–water partition coefficient (Wildman–Crippen LogP) is 5.73. The van der Waals surface area contributed by atoms with Crippen molar-refractivity contribution in [3.8, 4) is 0 Å². The second kappa shape index (κ2) is 15.7. The van der Waals surface area contributed by atoms with Crippen LogP contribution in [0.5, 0.6) is 0 Å². The van der Waals surface area contributed by atoms with Crippen LogP contribution in [0.4, 0.5) is 5.69 Å². The van der Waals surface area contributed by atoms with Gasteiger partial charge in [0.1, 0.15) is 0 Å². The monoisotopic (exact) mass is 727 g/mol. The number of carbonyl (C=O) groups is 4. The molecule has 266 valence electrons. The lowest BCUT2D eigenvalue weighted by molar-refractivity contribution is -0.129. The number of rotatable bonds is 11. The molecule has 1 aliphatic carbocycles. The summed E-state index contributed by atoms with van der Waals surface area (Å²) in [5.74, 6) is -0.963. The number of sulfonamides is 1. The number of thiophene rings is 1. The number of Topliss-reactive ketones (excluding diaryl/α,β-unsaturated/α-hetero) is 1. The Bertz CT molecular complexity index is 2050. The average molecular weight is 728 g/mol. The molecule has 1 saturated heterocycles. The molecule has 2 aliphatic rings. The number of anilines is 1. The topological polar surface area (TPSA) is 130 Å². The first-order valence-corrected chi connectivity index (χ1v) is 19.4. The third-order valence-corrected chi connectivity index (χ3v) is 12.7. The molecule has 0 radical (unpaired) electrons. The van der Waals surface area contributed by atoms with Gasteiger partial charge in [-0.25, -0.2) is 13.2 Å². The third-order valence-electron chi connectivity index (χ3n) is 9.56. The van der Waals surface area contributed by atoms with Gasteiger partial charge in [-0.1, -0.05) is 36.4 Å². The molecule has 1 fully saturated rings. The summed E-state index contributed by atoms with van der Waals surface area (Å²) in [6, 6.07) is 21.2. The molecule has 2 heterocycles. The maximum atomic E-state index is 13.8. The van der Waals surface area contributed by atoms with Crippen molar-refractivity contribution in [2.75, 3.05) is 38.6 Å². The molecule has 10 nitrogen and oxygen atoms in total. The van der Waals surface area contributed by atoms with Gasteiger partial charge < -0.3 is 15.0 Å². The van der Waals surface area contributed by atoms with Crippen LogP contribution in [-0.4, -0.2) is 74.5 Å². The molecular formula is C39H41N3O7S2. The molecule has 0 atom stereocenters. The van der Waals surface area contributed by atoms with E-state index in [1.165, 1.54) is 41.8 Å². The lowest BCUT2D eigenvalue weighted by atomic mass is 9.93. The minimum atomic E-state index is -3.86. The lowest BCUT2D eigenvalue weighted by Crippen LogP contribution is -2.49. The summed E-state index contributed by atoms with van der Waals surface area (Å²) >= 11 is 1.50. The molecule has 2 amide bonds. The summed E-state index contributed by atoms with van der Waals surface area (Å²) in [6.07, 6.45) is 5.19. The van der Waals surface area contributed by atoms with Gasteiger partial charge in [-0.15, -0.1) is 11.3 Å². The van der Waals surface area contributed by atoms with Gasteiger partial charge in [-0.2, -0.15) is 4.31 Å². The van der Waals surface area contributed by atoms with E-state index in [0.29, 0.717) is 34.8 Å². The molecule has 0 spiro atoms. The highest BCUT2D eigenvalue weighted by Crippen LogP contribution is 2.36. The number of ether oxygens (including phenoxy) is 1. The van der Waals surface area contributed by atoms with Crippen LogP contribution in [0.15, 0.2) is 77.7 Å². The van der Waals surface area contributed by atoms with Crippen LogP contribution in [-0.2, 0) is 51.7 Å². The van der Waals surface area contributed by atoms with Crippen molar-refractivity contribution < 1.29 is 32.3 Å². The number of nitrogens with zero attached hydrogens (tertiary/aromatic N) is 2. The minimum Gasteiger partial charge on any atom is -0.465 e. The first-order chi connectivity index (χ1) is 24.5. The summed E-state index contributed by atoms with van der Waals surface area (Å²) in [6.45, 7) is 2.49. The quantitative estimate of drug-likeness (QED) is 0.154. The van der Waals surface area contributed by atoms with Gasteiger partial charge in [0.15, 0.2) is 5.78 Å². The van der Waals surface area contributed by atoms with Crippen LogP contribution < -0.4 is 5.32 Å². The Balaban J connectivity index is 1.13. The van der Waals surface area contributed by atoms with Gasteiger partial charge >= 0.3 is 5.97 Å². The zero-order valence-electron chi connectivity index (χ0n) is 28.8. The molecule has 6 rings (SSSR count). The molecular weight excluding hydrogens is 687 g/mol. The number of fused-ring (bicyclic) bond motifs is 1. The highest BCUT2D eigenvalue weighted by atomic mass is 32.2. The Kier molecular flexibility index (Phi) is 11.1. The molecule has 3 aromatic carbocycles. The van der Waals surface area contributed by atoms with E-state index in [0.717, 1.165) is 60.1 Å². The highest BCUT2D eigenvalue weighted by Gasteiger charge is 2.31. The molecule has 1 N–H and O–H groups in total. The summed E-state index contributed by atoms with van der Waals surface area (Å²) in [5.41, 5.74) is 5.19. The van der Waals surface area contributed by atoms with Crippen LogP contribution >= 0.6 is 11.3 Å². The number of hydrogen-bond acceptors (Lipinski definition) is 8. The molecule has 1 aromatic heterocycles. The summed E-state index contributed by atoms with van der Waals surface area (Å²) in [4.78, 5) is 54.4. The van der Waals surface area contributed by atoms with Gasteiger partial charge in [0.2, 0.25) is 15.9 Å². The number of benzene rings is 3. The van der Waals surface area contributed by atoms with Crippen LogP contribution in [0.1, 0.15) is 77.3 Å². The fraction of sp³-hybridized carbons (Fsp3) is 0.333. The number of piperazine rings is 1. The van der Waals surface area contributed by atoms with Gasteiger partial charge in [-0.05, 0) is 91.6 Å². The standard InChI is InChI=1S/C39H41N3O7S2/c1-26(43)41-20-22-42(23-21-41)51(47,48)32-7-5-6-30(24-32)34(44)25-36-37(33-8-3-4-9-35(33)50-36)38(45)40-31-18-14-28(15-19-31)11-10-27-12-16-29(17-13-27)39(46)49-2/h5-7,12-19,24H,3-4,8-11,20-23,25H2,1-2H3,(H,40,45). The Labute approximate surface area is 302 Å². The molecule has 51 heavy (non-hydrogen) atoms. The highest BCUT2D eigenvalue weighted by molar-refractivity contribution is 7.89. The second-order valence-electron chi connectivity index (χ2n) is 12.9. The van der Waals surface area contributed by atoms with Crippen molar-refractivity contribution in [3.63, 3.8) is 0 Å². The molecule has 0 bridgehead atoms. The molecule has 1 aliphatic heterocycles. The van der Waals surface area contributed by atoms with Crippen LogP contribution in [0.2, 0.25) is 0 Å². The second-order valence-corrected chi connectivity index (χ2v) is 16.0. The minimum absolute atomic E-state index is 0.0131. The van der Waals surface area contributed by atoms with Crippen molar-refractivity contribution in [2.24, 2.45) is 0 Å². The first-order valence-electron chi connectivity index (χ1n) is 17.1. The zero-order chi connectivity index (χ0) is 36.1. The van der Waals surface area contributed by atoms with Gasteiger partial charge in [0.25, 0.3) is 5.91 Å². The molecule has 0 saturated carbocycles. The smallest absolute Gasteiger partial charge is 0.337 e. The zero-order valence-corrected chi connectivity index (χ0v) is 30.4. The van der Waals surface area contributed by atoms with Crippen molar-refractivity contribution in [3.05, 3.63) is 116 Å². The number of esters is 1. The predicted molar refractivity (Wildman–Crippen MR) is 196 cm³/mol. The van der Waals surface area contributed by atoms with Crippen LogP contribution in [0.3, 0.4) is 0 Å². The van der Waals surface area contributed by atoms with Crippen LogP contribution in [0, 0.1) is 0 Å². The number of hydrogen-bond donors (Lipinski definition) is 1. The number of carbonyl (C=O) groups excluding carboxylic acids is 4. The maximum absolute atomic E-state index is 13.8. The number of methoxy groups -OCH3 is 1. The van der Waals surface area contributed by atoms with E-state index in [1.807, 2.05) is 36.4 Å². The molecule has 0 unspecified atom stereocenters. The van der Waals surface area contributed by atoms with Crippen LogP contribution in [0.25, 0.3) is 0 Å². The number of aryl methyl sites for hydroxylation is 3. The Morgan fingerprint density at radius 3 is 2.12 bits per heavy atom. The fourth-order valence-corrected chi connectivity index (χ4v) is 9.50. The van der Waals surface area contributed by atoms with Crippen molar-refractivity contribution in [2.45, 2.75) is 56.8 Å². The van der Waals surface area contributed by atoms with E-state index in [4.69, 9.17) is 4.74 Å². The summed E-state index contributed by atoms with van der Waals surface area (Å²) in [5, 5.41) is 3.05.